The maximum Gasteiger partial charge on any atom is 0.0662 e. The average Bonchev–Trinajstić information content (AvgIpc) is 2.65. The van der Waals surface area contributed by atoms with Gasteiger partial charge in [-0.1, -0.05) is 11.8 Å². The Morgan fingerprint density at radius 2 is 2.36 bits per heavy atom. The summed E-state index contributed by atoms with van der Waals surface area (Å²) in [5, 5.41) is 7.96. The Balaban J connectivity index is 2.31. The van der Waals surface area contributed by atoms with Gasteiger partial charge in [-0.25, -0.2) is 0 Å². The normalized spacial score (nSPS) is 9.79. The largest absolute Gasteiger partial charge is 0.278 e. The molecule has 0 bridgehead atoms. The van der Waals surface area contributed by atoms with Crippen molar-refractivity contribution >= 4 is 22.5 Å². The van der Waals surface area contributed by atoms with Crippen LogP contribution in [0, 0.1) is 11.8 Å². The quantitative estimate of drug-likeness (QED) is 0.561. The van der Waals surface area contributed by atoms with Crippen LogP contribution in [0.5, 0.6) is 0 Å². The topological polar surface area (TPSA) is 28.7 Å². The highest BCUT2D eigenvalue weighted by Crippen LogP contribution is 2.11. The number of rotatable bonds is 1. The third-order valence-electron chi connectivity index (χ3n) is 1.89. The van der Waals surface area contributed by atoms with Crippen molar-refractivity contribution in [2.24, 2.45) is 0 Å². The summed E-state index contributed by atoms with van der Waals surface area (Å²) in [7, 11) is 0. The van der Waals surface area contributed by atoms with Gasteiger partial charge in [-0.3, -0.25) is 5.10 Å². The molecule has 0 spiro atoms. The van der Waals surface area contributed by atoms with Crippen LogP contribution >= 0.6 is 11.6 Å². The van der Waals surface area contributed by atoms with E-state index < -0.39 is 0 Å². The highest BCUT2D eigenvalue weighted by Gasteiger charge is 1.94. The minimum Gasteiger partial charge on any atom is -0.278 e. The molecule has 0 aliphatic rings. The summed E-state index contributed by atoms with van der Waals surface area (Å²) in [6.07, 6.45) is 2.52. The molecular weight excluding hydrogens is 196 g/mol. The molecule has 0 saturated heterocycles. The Morgan fingerprint density at radius 1 is 1.43 bits per heavy atom. The van der Waals surface area contributed by atoms with Crippen molar-refractivity contribution in [3.63, 3.8) is 0 Å². The molecule has 14 heavy (non-hydrogen) atoms. The van der Waals surface area contributed by atoms with Gasteiger partial charge in [-0.15, -0.1) is 11.6 Å². The van der Waals surface area contributed by atoms with Crippen LogP contribution in [0.1, 0.15) is 12.0 Å². The van der Waals surface area contributed by atoms with Gasteiger partial charge in [0.25, 0.3) is 0 Å². The van der Waals surface area contributed by atoms with Crippen LogP contribution in [0.25, 0.3) is 10.9 Å². The van der Waals surface area contributed by atoms with Crippen molar-refractivity contribution in [3.8, 4) is 11.8 Å². The summed E-state index contributed by atoms with van der Waals surface area (Å²) in [6.45, 7) is 0. The van der Waals surface area contributed by atoms with E-state index in [1.54, 1.807) is 6.20 Å². The molecule has 0 radical (unpaired) electrons. The SMILES string of the molecule is ClCCC#Cc1ccc2cn[nH]c2c1. The molecule has 0 saturated carbocycles. The second kappa shape index (κ2) is 4.17. The van der Waals surface area contributed by atoms with Gasteiger partial charge >= 0.3 is 0 Å². The summed E-state index contributed by atoms with van der Waals surface area (Å²) in [5.74, 6) is 6.62. The molecule has 0 aliphatic heterocycles. The summed E-state index contributed by atoms with van der Waals surface area (Å²) >= 11 is 5.53. The fourth-order valence-corrected chi connectivity index (χ4v) is 1.32. The first-order valence-electron chi connectivity index (χ1n) is 4.38. The monoisotopic (exact) mass is 204 g/mol. The van der Waals surface area contributed by atoms with Gasteiger partial charge in [0, 0.05) is 23.3 Å². The van der Waals surface area contributed by atoms with Crippen molar-refractivity contribution < 1.29 is 0 Å². The van der Waals surface area contributed by atoms with Crippen molar-refractivity contribution in [2.45, 2.75) is 6.42 Å². The highest BCUT2D eigenvalue weighted by atomic mass is 35.5. The molecule has 70 valence electrons. The Morgan fingerprint density at radius 3 is 3.21 bits per heavy atom. The third kappa shape index (κ3) is 1.89. The number of nitrogens with zero attached hydrogens (tertiary/aromatic N) is 1. The molecule has 3 heteroatoms. The zero-order valence-electron chi connectivity index (χ0n) is 7.55. The fraction of sp³-hybridized carbons (Fsp3) is 0.182. The molecule has 1 aromatic carbocycles. The maximum absolute atomic E-state index is 5.53. The smallest absolute Gasteiger partial charge is 0.0662 e. The highest BCUT2D eigenvalue weighted by molar-refractivity contribution is 6.18. The predicted octanol–water partition coefficient (Wildman–Crippen LogP) is 2.54. The van der Waals surface area contributed by atoms with E-state index in [1.165, 1.54) is 0 Å². The first kappa shape index (κ1) is 9.11. The van der Waals surface area contributed by atoms with Gasteiger partial charge in [-0.05, 0) is 18.2 Å². The Kier molecular flexibility index (Phi) is 2.71. The Bertz CT molecular complexity index is 490. The summed E-state index contributed by atoms with van der Waals surface area (Å²) in [4.78, 5) is 0. The first-order valence-corrected chi connectivity index (χ1v) is 4.91. The number of alkyl halides is 1. The fourth-order valence-electron chi connectivity index (χ4n) is 1.23. The van der Waals surface area contributed by atoms with E-state index in [1.807, 2.05) is 18.2 Å². The second-order valence-electron chi connectivity index (χ2n) is 2.91. The van der Waals surface area contributed by atoms with E-state index in [2.05, 4.69) is 22.0 Å². The van der Waals surface area contributed by atoms with E-state index in [-0.39, 0.29) is 0 Å². The first-order chi connectivity index (χ1) is 6.90. The summed E-state index contributed by atoms with van der Waals surface area (Å²) in [5.41, 5.74) is 2.01. The van der Waals surface area contributed by atoms with E-state index in [9.17, 15) is 0 Å². The van der Waals surface area contributed by atoms with Crippen molar-refractivity contribution in [1.82, 2.24) is 10.2 Å². The Hall–Kier alpha value is -1.46. The number of aromatic amines is 1. The molecule has 2 aromatic rings. The third-order valence-corrected chi connectivity index (χ3v) is 2.08. The molecule has 0 fully saturated rings. The molecule has 2 rings (SSSR count). The second-order valence-corrected chi connectivity index (χ2v) is 3.29. The number of nitrogens with one attached hydrogen (secondary N) is 1. The van der Waals surface area contributed by atoms with Crippen molar-refractivity contribution in [3.05, 3.63) is 30.0 Å². The van der Waals surface area contributed by atoms with Crippen LogP contribution < -0.4 is 0 Å². The van der Waals surface area contributed by atoms with Crippen LogP contribution in [0.15, 0.2) is 24.4 Å². The lowest BCUT2D eigenvalue weighted by atomic mass is 10.2. The van der Waals surface area contributed by atoms with Crippen LogP contribution in [-0.4, -0.2) is 16.1 Å². The van der Waals surface area contributed by atoms with E-state index in [0.29, 0.717) is 5.88 Å². The average molecular weight is 205 g/mol. The van der Waals surface area contributed by atoms with Crippen LogP contribution in [0.2, 0.25) is 0 Å². The van der Waals surface area contributed by atoms with Crippen molar-refractivity contribution in [2.75, 3.05) is 5.88 Å². The molecule has 1 heterocycles. The van der Waals surface area contributed by atoms with Crippen LogP contribution in [0.4, 0.5) is 0 Å². The van der Waals surface area contributed by atoms with E-state index in [0.717, 1.165) is 22.9 Å². The molecular formula is C11H9ClN2. The zero-order valence-corrected chi connectivity index (χ0v) is 8.30. The molecule has 0 atom stereocenters. The standard InChI is InChI=1S/C11H9ClN2/c12-6-2-1-3-9-4-5-10-8-13-14-11(10)7-9/h4-5,7-8H,2,6H2,(H,13,14). The zero-order chi connectivity index (χ0) is 9.80. The van der Waals surface area contributed by atoms with Crippen LogP contribution in [0.3, 0.4) is 0 Å². The number of aromatic nitrogens is 2. The number of benzene rings is 1. The van der Waals surface area contributed by atoms with Crippen LogP contribution in [-0.2, 0) is 0 Å². The van der Waals surface area contributed by atoms with E-state index in [4.69, 9.17) is 11.6 Å². The van der Waals surface area contributed by atoms with Gasteiger partial charge in [0.1, 0.15) is 0 Å². The molecule has 0 unspecified atom stereocenters. The minimum atomic E-state index is 0.583. The van der Waals surface area contributed by atoms with Gasteiger partial charge in [0.15, 0.2) is 0 Å². The molecule has 1 aromatic heterocycles. The lowest BCUT2D eigenvalue weighted by Crippen LogP contribution is -1.75. The number of H-pyrrole nitrogens is 1. The van der Waals surface area contributed by atoms with Gasteiger partial charge in [0.2, 0.25) is 0 Å². The summed E-state index contributed by atoms with van der Waals surface area (Å²) < 4.78 is 0. The number of hydrogen-bond acceptors (Lipinski definition) is 1. The number of hydrogen-bond donors (Lipinski definition) is 1. The van der Waals surface area contributed by atoms with Gasteiger partial charge < -0.3 is 0 Å². The predicted molar refractivity (Wildman–Crippen MR) is 58.3 cm³/mol. The lowest BCUT2D eigenvalue weighted by Gasteiger charge is -1.90. The van der Waals surface area contributed by atoms with E-state index >= 15 is 0 Å². The molecule has 0 aliphatic carbocycles. The minimum absolute atomic E-state index is 0.583. The molecule has 2 nitrogen and oxygen atoms in total. The van der Waals surface area contributed by atoms with Gasteiger partial charge in [-0.2, -0.15) is 5.10 Å². The lowest BCUT2D eigenvalue weighted by molar-refractivity contribution is 1.12. The number of fused-ring (bicyclic) bond motifs is 1. The molecule has 1 N–H and O–H groups in total. The summed E-state index contributed by atoms with van der Waals surface area (Å²) in [6, 6.07) is 5.98. The molecule has 0 amide bonds. The van der Waals surface area contributed by atoms with Crippen molar-refractivity contribution in [1.29, 1.82) is 0 Å². The van der Waals surface area contributed by atoms with Gasteiger partial charge in [0.05, 0.1) is 11.7 Å². The maximum atomic E-state index is 5.53. The Labute approximate surface area is 87.3 Å². The number of halogens is 1.